The second-order valence-electron chi connectivity index (χ2n) is 22.8. The molecule has 0 saturated carbocycles. The summed E-state index contributed by atoms with van der Waals surface area (Å²) in [4.78, 5) is 23.4. The Hall–Kier alpha value is -0.760. The number of carbonyl (C=O) groups is 1. The van der Waals surface area contributed by atoms with E-state index in [4.69, 9.17) is 9.05 Å². The standard InChI is InChI=1S/C61H123N2O6P/c1-6-8-10-12-14-16-18-20-22-24-25-26-27-28-29-30-31-32-33-34-35-36-37-39-41-43-45-47-49-51-53-55-61(65)62-59(58-69-70(66,67)68-57-56-63(3,4)5)60(64)54-52-50-48-46-44-42-40-38-23-21-19-17-15-13-11-9-7-2/h24-25,59-60,64H,6-23,26-58H2,1-5H3,(H-,62,65,66,67)/p+1/b25-24-. The summed E-state index contributed by atoms with van der Waals surface area (Å²) in [6, 6.07) is -0.757. The zero-order valence-electron chi connectivity index (χ0n) is 47.8. The summed E-state index contributed by atoms with van der Waals surface area (Å²) in [6.45, 7) is 4.94. The van der Waals surface area contributed by atoms with Gasteiger partial charge in [0.15, 0.2) is 0 Å². The molecule has 8 nitrogen and oxygen atoms in total. The van der Waals surface area contributed by atoms with Crippen molar-refractivity contribution in [3.05, 3.63) is 12.2 Å². The predicted molar refractivity (Wildman–Crippen MR) is 305 cm³/mol. The molecule has 0 aliphatic rings. The van der Waals surface area contributed by atoms with Crippen molar-refractivity contribution in [2.24, 2.45) is 0 Å². The summed E-state index contributed by atoms with van der Waals surface area (Å²) in [7, 11) is 1.63. The Morgan fingerprint density at radius 2 is 0.771 bits per heavy atom. The van der Waals surface area contributed by atoms with E-state index in [1.807, 2.05) is 21.1 Å². The second-order valence-corrected chi connectivity index (χ2v) is 24.2. The molecular weight excluding hydrogens is 888 g/mol. The van der Waals surface area contributed by atoms with Gasteiger partial charge in [0, 0.05) is 6.42 Å². The minimum Gasteiger partial charge on any atom is -0.391 e. The van der Waals surface area contributed by atoms with E-state index in [1.54, 1.807) is 0 Å². The predicted octanol–water partition coefficient (Wildman–Crippen LogP) is 19.0. The Labute approximate surface area is 437 Å². The number of aliphatic hydroxyl groups excluding tert-OH is 1. The third-order valence-electron chi connectivity index (χ3n) is 14.5. The fourth-order valence-corrected chi connectivity index (χ4v) is 10.4. The summed E-state index contributed by atoms with van der Waals surface area (Å²) < 4.78 is 23.8. The van der Waals surface area contributed by atoms with Crippen LogP contribution in [0.15, 0.2) is 12.2 Å². The molecule has 418 valence electrons. The largest absolute Gasteiger partial charge is 0.472 e. The topological polar surface area (TPSA) is 105 Å². The maximum Gasteiger partial charge on any atom is 0.472 e. The highest BCUT2D eigenvalue weighted by atomic mass is 31.2. The maximum absolute atomic E-state index is 13.0. The lowest BCUT2D eigenvalue weighted by atomic mass is 10.0. The summed E-state index contributed by atoms with van der Waals surface area (Å²) in [5, 5.41) is 14.1. The normalized spacial score (nSPS) is 13.9. The van der Waals surface area contributed by atoms with E-state index in [-0.39, 0.29) is 19.1 Å². The van der Waals surface area contributed by atoms with E-state index in [0.29, 0.717) is 23.9 Å². The van der Waals surface area contributed by atoms with Gasteiger partial charge in [-0.1, -0.05) is 289 Å². The van der Waals surface area contributed by atoms with Crippen LogP contribution in [0.2, 0.25) is 0 Å². The number of quaternary nitrogens is 1. The first kappa shape index (κ1) is 69.2. The molecule has 0 bridgehead atoms. The van der Waals surface area contributed by atoms with Gasteiger partial charge >= 0.3 is 7.82 Å². The molecule has 0 rings (SSSR count). The Bertz CT molecular complexity index is 1150. The lowest BCUT2D eigenvalue weighted by Gasteiger charge is -2.26. The number of nitrogens with zero attached hydrogens (tertiary/aromatic N) is 1. The quantitative estimate of drug-likeness (QED) is 0.0243. The van der Waals surface area contributed by atoms with Gasteiger partial charge in [-0.05, 0) is 38.5 Å². The number of unbranched alkanes of at least 4 members (excludes halogenated alkanes) is 43. The first-order valence-electron chi connectivity index (χ1n) is 31.1. The molecule has 0 aliphatic heterocycles. The molecule has 0 aromatic carbocycles. The van der Waals surface area contributed by atoms with Crippen LogP contribution in [0.5, 0.6) is 0 Å². The smallest absolute Gasteiger partial charge is 0.391 e. The zero-order valence-corrected chi connectivity index (χ0v) is 48.7. The van der Waals surface area contributed by atoms with Gasteiger partial charge in [0.05, 0.1) is 39.9 Å². The summed E-state index contributed by atoms with van der Waals surface area (Å²) in [5.41, 5.74) is 0. The van der Waals surface area contributed by atoms with Crippen LogP contribution in [-0.2, 0) is 18.4 Å². The van der Waals surface area contributed by atoms with Crippen molar-refractivity contribution < 1.29 is 32.9 Å². The van der Waals surface area contributed by atoms with Gasteiger partial charge in [0.25, 0.3) is 0 Å². The highest BCUT2D eigenvalue weighted by Crippen LogP contribution is 2.43. The number of rotatable bonds is 58. The Balaban J connectivity index is 4.00. The monoisotopic (exact) mass is 1010 g/mol. The highest BCUT2D eigenvalue weighted by Gasteiger charge is 2.28. The number of hydrogen-bond acceptors (Lipinski definition) is 5. The summed E-state index contributed by atoms with van der Waals surface area (Å²) in [5.74, 6) is -0.137. The number of phosphoric ester groups is 1. The van der Waals surface area contributed by atoms with Crippen molar-refractivity contribution in [2.45, 2.75) is 334 Å². The molecule has 0 fully saturated rings. The number of amides is 1. The fourth-order valence-electron chi connectivity index (χ4n) is 9.63. The SMILES string of the molecule is CCCCCCCCCC/C=C\CCCCCCCCCCCCCCCCCCCCCC(=O)NC(COP(=O)(O)OCC[N+](C)(C)C)C(O)CCCCCCCCCCCCCCCCCCC. The van der Waals surface area contributed by atoms with Crippen LogP contribution >= 0.6 is 7.82 Å². The molecule has 0 heterocycles. The van der Waals surface area contributed by atoms with E-state index in [1.165, 1.54) is 257 Å². The molecule has 0 spiro atoms. The molecule has 0 saturated heterocycles. The third-order valence-corrected chi connectivity index (χ3v) is 15.5. The van der Waals surface area contributed by atoms with Crippen LogP contribution in [0.25, 0.3) is 0 Å². The van der Waals surface area contributed by atoms with E-state index >= 15 is 0 Å². The van der Waals surface area contributed by atoms with E-state index in [9.17, 15) is 19.4 Å². The van der Waals surface area contributed by atoms with Gasteiger partial charge in [0.2, 0.25) is 5.91 Å². The van der Waals surface area contributed by atoms with Crippen molar-refractivity contribution in [2.75, 3.05) is 40.9 Å². The number of nitrogens with one attached hydrogen (secondary N) is 1. The lowest BCUT2D eigenvalue weighted by Crippen LogP contribution is -2.46. The van der Waals surface area contributed by atoms with E-state index in [2.05, 4.69) is 31.3 Å². The van der Waals surface area contributed by atoms with Crippen LogP contribution in [-0.4, -0.2) is 73.4 Å². The fraction of sp³-hybridized carbons (Fsp3) is 0.951. The Morgan fingerprint density at radius 3 is 1.10 bits per heavy atom. The average Bonchev–Trinajstić information content (AvgIpc) is 3.32. The van der Waals surface area contributed by atoms with Crippen LogP contribution in [0.1, 0.15) is 322 Å². The van der Waals surface area contributed by atoms with Crippen molar-refractivity contribution >= 4 is 13.7 Å². The summed E-state index contributed by atoms with van der Waals surface area (Å²) >= 11 is 0. The molecule has 3 N–H and O–H groups in total. The van der Waals surface area contributed by atoms with Gasteiger partial charge < -0.3 is 19.8 Å². The third kappa shape index (κ3) is 55.0. The van der Waals surface area contributed by atoms with E-state index < -0.39 is 20.0 Å². The average molecular weight is 1010 g/mol. The first-order chi connectivity index (χ1) is 34.0. The van der Waals surface area contributed by atoms with Crippen molar-refractivity contribution in [1.29, 1.82) is 0 Å². The molecule has 9 heteroatoms. The van der Waals surface area contributed by atoms with Gasteiger partial charge in [-0.3, -0.25) is 13.8 Å². The molecule has 0 radical (unpaired) electrons. The lowest BCUT2D eigenvalue weighted by molar-refractivity contribution is -0.870. The minimum absolute atomic E-state index is 0.0781. The van der Waals surface area contributed by atoms with Gasteiger partial charge in [-0.15, -0.1) is 0 Å². The van der Waals surface area contributed by atoms with Gasteiger partial charge in [-0.25, -0.2) is 4.57 Å². The molecule has 3 atom stereocenters. The minimum atomic E-state index is -4.32. The number of allylic oxidation sites excluding steroid dienone is 2. The van der Waals surface area contributed by atoms with Crippen molar-refractivity contribution in [3.8, 4) is 0 Å². The number of aliphatic hydroxyl groups is 1. The molecule has 0 aromatic heterocycles. The summed E-state index contributed by atoms with van der Waals surface area (Å²) in [6.07, 6.45) is 65.7. The number of hydrogen-bond donors (Lipinski definition) is 3. The molecular formula is C61H124N2O6P+. The van der Waals surface area contributed by atoms with Gasteiger partial charge in [0.1, 0.15) is 13.2 Å². The number of carbonyl (C=O) groups excluding carboxylic acids is 1. The molecule has 0 aliphatic carbocycles. The zero-order chi connectivity index (χ0) is 51.3. The second kappa shape index (κ2) is 53.1. The number of phosphoric acid groups is 1. The Kier molecular flexibility index (Phi) is 52.5. The van der Waals surface area contributed by atoms with E-state index in [0.717, 1.165) is 38.5 Å². The first-order valence-corrected chi connectivity index (χ1v) is 32.5. The van der Waals surface area contributed by atoms with Crippen LogP contribution in [0.4, 0.5) is 0 Å². The highest BCUT2D eigenvalue weighted by molar-refractivity contribution is 7.47. The molecule has 70 heavy (non-hydrogen) atoms. The van der Waals surface area contributed by atoms with Gasteiger partial charge in [-0.2, -0.15) is 0 Å². The maximum atomic E-state index is 13.0. The molecule has 3 unspecified atom stereocenters. The molecule has 1 amide bonds. The van der Waals surface area contributed by atoms with Crippen molar-refractivity contribution in [1.82, 2.24) is 5.32 Å². The van der Waals surface area contributed by atoms with Crippen LogP contribution < -0.4 is 5.32 Å². The Morgan fingerprint density at radius 1 is 0.471 bits per heavy atom. The van der Waals surface area contributed by atoms with Crippen LogP contribution in [0, 0.1) is 0 Å². The van der Waals surface area contributed by atoms with Crippen molar-refractivity contribution in [3.63, 3.8) is 0 Å². The van der Waals surface area contributed by atoms with Crippen LogP contribution in [0.3, 0.4) is 0 Å². The molecule has 0 aromatic rings. The number of likely N-dealkylation sites (N-methyl/N-ethyl adjacent to an activating group) is 1.